The van der Waals surface area contributed by atoms with Crippen LogP contribution in [0.5, 0.6) is 0 Å². The van der Waals surface area contributed by atoms with Gasteiger partial charge in [-0.2, -0.15) is 0 Å². The van der Waals surface area contributed by atoms with E-state index in [-0.39, 0.29) is 6.15 Å². The molecule has 0 saturated heterocycles. The molecule has 0 radical (unpaired) electrons. The maximum absolute atomic E-state index is 3.87. The Balaban J connectivity index is 0. The quantitative estimate of drug-likeness (QED) is 0.552. The van der Waals surface area contributed by atoms with Crippen LogP contribution in [0.1, 0.15) is 27.2 Å². The van der Waals surface area contributed by atoms with Crippen molar-refractivity contribution in [3.05, 3.63) is 12.2 Å². The van der Waals surface area contributed by atoms with Crippen LogP contribution in [0.15, 0.2) is 12.2 Å². The van der Waals surface area contributed by atoms with Crippen LogP contribution in [0, 0.1) is 5.92 Å². The Morgan fingerprint density at radius 1 is 1.50 bits per heavy atom. The first-order valence-electron chi connectivity index (χ1n) is 2.86. The van der Waals surface area contributed by atoms with Crippen LogP contribution >= 0.6 is 0 Å². The monoisotopic (exact) mass is 115 g/mol. The van der Waals surface area contributed by atoms with Gasteiger partial charge in [-0.05, 0) is 12.3 Å². The third-order valence-electron chi connectivity index (χ3n) is 1.27. The molecule has 0 aromatic carbocycles. The van der Waals surface area contributed by atoms with Crippen LogP contribution in [-0.2, 0) is 0 Å². The average molecular weight is 115 g/mol. The average Bonchev–Trinajstić information content (AvgIpc) is 1.65. The summed E-state index contributed by atoms with van der Waals surface area (Å²) in [5.74, 6) is 0.671. The lowest BCUT2D eigenvalue weighted by Gasteiger charge is -2.03. The van der Waals surface area contributed by atoms with E-state index in [0.717, 1.165) is 6.42 Å². The maximum Gasteiger partial charge on any atom is -0.0263 e. The molecule has 0 heterocycles. The molecule has 0 amide bonds. The summed E-state index contributed by atoms with van der Waals surface area (Å²) in [6, 6.07) is 0. The lowest BCUT2D eigenvalue weighted by atomic mass is 10.0. The molecule has 0 aromatic heterocycles. The zero-order valence-corrected chi connectivity index (χ0v) is 6.20. The highest BCUT2D eigenvalue weighted by atomic mass is 14.0. The highest BCUT2D eigenvalue weighted by molar-refractivity contribution is 4.95. The van der Waals surface area contributed by atoms with Gasteiger partial charge in [0.15, 0.2) is 0 Å². The molecule has 8 heavy (non-hydrogen) atoms. The van der Waals surface area contributed by atoms with Gasteiger partial charge in [0.25, 0.3) is 0 Å². The van der Waals surface area contributed by atoms with E-state index < -0.39 is 0 Å². The van der Waals surface area contributed by atoms with Crippen molar-refractivity contribution in [2.24, 2.45) is 5.92 Å². The largest absolute Gasteiger partial charge is 0.344 e. The Labute approximate surface area is 52.4 Å². The first-order valence-corrected chi connectivity index (χ1v) is 2.86. The van der Waals surface area contributed by atoms with Crippen molar-refractivity contribution >= 4 is 0 Å². The number of hydrogen-bond acceptors (Lipinski definition) is 1. The van der Waals surface area contributed by atoms with Gasteiger partial charge in [0.2, 0.25) is 0 Å². The predicted octanol–water partition coefficient (Wildman–Crippen LogP) is 2.77. The van der Waals surface area contributed by atoms with Crippen molar-refractivity contribution in [2.45, 2.75) is 27.2 Å². The molecule has 0 aromatic rings. The SMILES string of the molecule is C=C(CC)C(C)C.N. The fraction of sp³-hybridized carbons (Fsp3) is 0.714. The van der Waals surface area contributed by atoms with Gasteiger partial charge in [0.1, 0.15) is 0 Å². The lowest BCUT2D eigenvalue weighted by molar-refractivity contribution is 0.736. The van der Waals surface area contributed by atoms with Gasteiger partial charge >= 0.3 is 0 Å². The molecule has 1 heteroatoms. The summed E-state index contributed by atoms with van der Waals surface area (Å²) < 4.78 is 0. The Kier molecular flexibility index (Phi) is 6.45. The number of allylic oxidation sites excluding steroid dienone is 1. The van der Waals surface area contributed by atoms with Gasteiger partial charge < -0.3 is 6.15 Å². The molecule has 0 aliphatic rings. The van der Waals surface area contributed by atoms with E-state index in [1.807, 2.05) is 0 Å². The molecule has 1 nitrogen and oxygen atoms in total. The van der Waals surface area contributed by atoms with Gasteiger partial charge in [-0.1, -0.05) is 32.9 Å². The normalized spacial score (nSPS) is 8.50. The summed E-state index contributed by atoms with van der Waals surface area (Å²) in [6.45, 7) is 10.4. The minimum Gasteiger partial charge on any atom is -0.344 e. The zero-order valence-electron chi connectivity index (χ0n) is 6.20. The van der Waals surface area contributed by atoms with E-state index in [2.05, 4.69) is 27.4 Å². The third-order valence-corrected chi connectivity index (χ3v) is 1.27. The summed E-state index contributed by atoms with van der Waals surface area (Å²) in [5.41, 5.74) is 1.35. The molecular formula is C7H17N. The molecule has 0 aliphatic heterocycles. The van der Waals surface area contributed by atoms with Crippen LogP contribution in [0.3, 0.4) is 0 Å². The second-order valence-electron chi connectivity index (χ2n) is 2.17. The third kappa shape index (κ3) is 3.88. The van der Waals surface area contributed by atoms with Crippen LogP contribution in [0.25, 0.3) is 0 Å². The molecule has 50 valence electrons. The summed E-state index contributed by atoms with van der Waals surface area (Å²) in [5, 5.41) is 0. The van der Waals surface area contributed by atoms with Crippen molar-refractivity contribution in [2.75, 3.05) is 0 Å². The van der Waals surface area contributed by atoms with E-state index in [1.165, 1.54) is 5.57 Å². The Hall–Kier alpha value is -0.300. The van der Waals surface area contributed by atoms with Gasteiger partial charge in [-0.25, -0.2) is 0 Å². The molecule has 0 aliphatic carbocycles. The van der Waals surface area contributed by atoms with Crippen LogP contribution < -0.4 is 6.15 Å². The van der Waals surface area contributed by atoms with E-state index >= 15 is 0 Å². The van der Waals surface area contributed by atoms with Gasteiger partial charge in [0.05, 0.1) is 0 Å². The lowest BCUT2D eigenvalue weighted by Crippen LogP contribution is -1.87. The molecule has 3 N–H and O–H groups in total. The van der Waals surface area contributed by atoms with Gasteiger partial charge in [0, 0.05) is 0 Å². The highest BCUT2D eigenvalue weighted by Crippen LogP contribution is 2.08. The zero-order chi connectivity index (χ0) is 5.86. The van der Waals surface area contributed by atoms with Crippen LogP contribution in [-0.4, -0.2) is 0 Å². The molecule has 0 saturated carbocycles. The Bertz CT molecular complexity index is 64.8. The Morgan fingerprint density at radius 2 is 1.88 bits per heavy atom. The van der Waals surface area contributed by atoms with Crippen molar-refractivity contribution in [3.63, 3.8) is 0 Å². The Morgan fingerprint density at radius 3 is 1.88 bits per heavy atom. The maximum atomic E-state index is 3.87. The van der Waals surface area contributed by atoms with Gasteiger partial charge in [-0.3, -0.25) is 0 Å². The topological polar surface area (TPSA) is 35.0 Å². The molecule has 0 spiro atoms. The standard InChI is InChI=1S/C7H14.H3N/c1-5-7(4)6(2)3;/h6H,4-5H2,1-3H3;1H3. The first kappa shape index (κ1) is 10.6. The van der Waals surface area contributed by atoms with E-state index in [0.29, 0.717) is 5.92 Å². The van der Waals surface area contributed by atoms with E-state index in [9.17, 15) is 0 Å². The van der Waals surface area contributed by atoms with Gasteiger partial charge in [-0.15, -0.1) is 0 Å². The predicted molar refractivity (Wildman–Crippen MR) is 39.3 cm³/mol. The van der Waals surface area contributed by atoms with E-state index in [1.54, 1.807) is 0 Å². The summed E-state index contributed by atoms with van der Waals surface area (Å²) >= 11 is 0. The van der Waals surface area contributed by atoms with Crippen molar-refractivity contribution in [3.8, 4) is 0 Å². The molecule has 0 bridgehead atoms. The second-order valence-corrected chi connectivity index (χ2v) is 2.17. The molecule has 0 atom stereocenters. The molecule has 0 unspecified atom stereocenters. The summed E-state index contributed by atoms with van der Waals surface area (Å²) in [7, 11) is 0. The smallest absolute Gasteiger partial charge is 0.0263 e. The highest BCUT2D eigenvalue weighted by Gasteiger charge is 1.93. The van der Waals surface area contributed by atoms with Crippen LogP contribution in [0.4, 0.5) is 0 Å². The van der Waals surface area contributed by atoms with Crippen molar-refractivity contribution in [1.29, 1.82) is 0 Å². The number of rotatable bonds is 2. The van der Waals surface area contributed by atoms with Crippen molar-refractivity contribution in [1.82, 2.24) is 6.15 Å². The minimum atomic E-state index is 0. The fourth-order valence-electron chi connectivity index (χ4n) is 0.408. The molecule has 0 fully saturated rings. The number of hydrogen-bond donors (Lipinski definition) is 1. The minimum absolute atomic E-state index is 0. The van der Waals surface area contributed by atoms with E-state index in [4.69, 9.17) is 0 Å². The molecular weight excluding hydrogens is 98.1 g/mol. The summed E-state index contributed by atoms with van der Waals surface area (Å²) in [6.07, 6.45) is 1.12. The van der Waals surface area contributed by atoms with Crippen LogP contribution in [0.2, 0.25) is 0 Å². The molecule has 0 rings (SSSR count). The second kappa shape index (κ2) is 4.85. The fourth-order valence-corrected chi connectivity index (χ4v) is 0.408. The van der Waals surface area contributed by atoms with Crippen molar-refractivity contribution < 1.29 is 0 Å². The summed E-state index contributed by atoms with van der Waals surface area (Å²) in [4.78, 5) is 0. The first-order chi connectivity index (χ1) is 3.18.